The van der Waals surface area contributed by atoms with Crippen molar-refractivity contribution in [2.45, 2.75) is 38.4 Å². The molecule has 1 aliphatic rings. The molecule has 1 aliphatic carbocycles. The minimum absolute atomic E-state index is 0.0536. The Kier molecular flexibility index (Phi) is 8.67. The van der Waals surface area contributed by atoms with E-state index in [0.29, 0.717) is 28.6 Å². The van der Waals surface area contributed by atoms with Crippen molar-refractivity contribution in [1.82, 2.24) is 4.57 Å². The number of hydrogen-bond donors (Lipinski definition) is 2. The highest BCUT2D eigenvalue weighted by atomic mass is 32.2. The second-order valence-electron chi connectivity index (χ2n) is 7.93. The van der Waals surface area contributed by atoms with E-state index in [0.717, 1.165) is 12.0 Å². The van der Waals surface area contributed by atoms with Gasteiger partial charge in [0.15, 0.2) is 5.75 Å². The van der Waals surface area contributed by atoms with Crippen molar-refractivity contribution in [3.05, 3.63) is 75.6 Å². The Balaban J connectivity index is 0.00000167. The molecule has 1 heterocycles. The van der Waals surface area contributed by atoms with Crippen molar-refractivity contribution in [2.24, 2.45) is 7.05 Å². The zero-order valence-electron chi connectivity index (χ0n) is 20.7. The zero-order valence-corrected chi connectivity index (χ0v) is 21.6. The lowest BCUT2D eigenvalue weighted by molar-refractivity contribution is 0.410. The number of anilines is 3. The summed E-state index contributed by atoms with van der Waals surface area (Å²) in [5.41, 5.74) is 1.87. The Labute approximate surface area is 208 Å². The summed E-state index contributed by atoms with van der Waals surface area (Å²) in [4.78, 5) is 12.4. The van der Waals surface area contributed by atoms with Crippen molar-refractivity contribution < 1.29 is 18.3 Å². The standard InChI is InChI=1S/C24H25F2N3O3S.C2H6/c1-13-5-8-19(18(26)9-13)27-24-23(20(32-4)12-22(30)29(24)2)28-33-21-11-16(21)15-7-6-14(31-3)10-17(15)25;1-2/h5-10,12,16,21,27-28H,11H2,1-4H3;1-2H3. The maximum atomic E-state index is 14.5. The molecule has 1 aromatic heterocycles. The van der Waals surface area contributed by atoms with Crippen LogP contribution in [-0.4, -0.2) is 24.0 Å². The highest BCUT2D eigenvalue weighted by Gasteiger charge is 2.41. The van der Waals surface area contributed by atoms with Gasteiger partial charge in [-0.3, -0.25) is 9.36 Å². The van der Waals surface area contributed by atoms with Gasteiger partial charge in [0.25, 0.3) is 5.56 Å². The van der Waals surface area contributed by atoms with Gasteiger partial charge in [-0.15, -0.1) is 0 Å². The third kappa shape index (κ3) is 5.90. The SMILES string of the molecule is CC.COc1ccc(C2CC2SNc2c(OC)cc(=O)n(C)c2Nc2ccc(C)cc2F)c(F)c1. The van der Waals surface area contributed by atoms with Crippen LogP contribution in [0.15, 0.2) is 47.3 Å². The molecular weight excluding hydrogens is 472 g/mol. The molecule has 0 spiro atoms. The van der Waals surface area contributed by atoms with Gasteiger partial charge in [-0.25, -0.2) is 8.78 Å². The molecule has 0 bridgehead atoms. The quantitative estimate of drug-likeness (QED) is 0.348. The number of ether oxygens (including phenoxy) is 2. The monoisotopic (exact) mass is 503 g/mol. The maximum absolute atomic E-state index is 14.5. The molecular formula is C26H31F2N3O3S. The molecule has 0 saturated heterocycles. The van der Waals surface area contributed by atoms with E-state index in [2.05, 4.69) is 10.0 Å². The number of aromatic nitrogens is 1. The summed E-state index contributed by atoms with van der Waals surface area (Å²) < 4.78 is 44.1. The topological polar surface area (TPSA) is 64.5 Å². The lowest BCUT2D eigenvalue weighted by atomic mass is 10.1. The zero-order chi connectivity index (χ0) is 25.7. The number of nitrogens with zero attached hydrogens (tertiary/aromatic N) is 1. The normalized spacial score (nSPS) is 16.1. The number of nitrogens with one attached hydrogen (secondary N) is 2. The summed E-state index contributed by atoms with van der Waals surface area (Å²) in [6, 6.07) is 11.1. The number of aryl methyl sites for hydroxylation is 1. The summed E-state index contributed by atoms with van der Waals surface area (Å²) in [6.07, 6.45) is 0.796. The summed E-state index contributed by atoms with van der Waals surface area (Å²) in [5, 5.41) is 3.14. The molecule has 9 heteroatoms. The molecule has 0 amide bonds. The van der Waals surface area contributed by atoms with Crippen molar-refractivity contribution in [2.75, 3.05) is 24.3 Å². The maximum Gasteiger partial charge on any atom is 0.255 e. The van der Waals surface area contributed by atoms with E-state index in [1.54, 1.807) is 38.2 Å². The van der Waals surface area contributed by atoms with Crippen LogP contribution in [-0.2, 0) is 7.05 Å². The first-order valence-electron chi connectivity index (χ1n) is 11.4. The number of hydrogen-bond acceptors (Lipinski definition) is 6. The van der Waals surface area contributed by atoms with E-state index in [9.17, 15) is 13.6 Å². The third-order valence-corrected chi connectivity index (χ3v) is 6.80. The highest BCUT2D eigenvalue weighted by molar-refractivity contribution is 8.01. The van der Waals surface area contributed by atoms with Crippen LogP contribution in [0.1, 0.15) is 37.3 Å². The van der Waals surface area contributed by atoms with E-state index >= 15 is 0 Å². The summed E-state index contributed by atoms with van der Waals surface area (Å²) in [5.74, 6) is 0.502. The van der Waals surface area contributed by atoms with E-state index in [1.165, 1.54) is 48.9 Å². The molecule has 188 valence electrons. The predicted molar refractivity (Wildman–Crippen MR) is 139 cm³/mol. The molecule has 1 fully saturated rings. The molecule has 2 aromatic carbocycles. The fraction of sp³-hybridized carbons (Fsp3) is 0.346. The van der Waals surface area contributed by atoms with Crippen LogP contribution in [0, 0.1) is 18.6 Å². The molecule has 2 N–H and O–H groups in total. The molecule has 6 nitrogen and oxygen atoms in total. The second kappa shape index (κ2) is 11.5. The van der Waals surface area contributed by atoms with Gasteiger partial charge in [-0.05, 0) is 54.6 Å². The van der Waals surface area contributed by atoms with Crippen LogP contribution in [0.5, 0.6) is 11.5 Å². The van der Waals surface area contributed by atoms with Gasteiger partial charge in [0, 0.05) is 30.3 Å². The average Bonchev–Trinajstić information content (AvgIpc) is 3.62. The molecule has 2 unspecified atom stereocenters. The highest BCUT2D eigenvalue weighted by Crippen LogP contribution is 2.51. The molecule has 3 aromatic rings. The van der Waals surface area contributed by atoms with Gasteiger partial charge in [0.1, 0.15) is 28.9 Å². The predicted octanol–water partition coefficient (Wildman–Crippen LogP) is 6.38. The number of methoxy groups -OCH3 is 2. The van der Waals surface area contributed by atoms with Crippen LogP contribution >= 0.6 is 11.9 Å². The molecule has 2 atom stereocenters. The summed E-state index contributed by atoms with van der Waals surface area (Å²) in [6.45, 7) is 5.80. The van der Waals surface area contributed by atoms with E-state index in [4.69, 9.17) is 9.47 Å². The van der Waals surface area contributed by atoms with Crippen LogP contribution in [0.25, 0.3) is 0 Å². The largest absolute Gasteiger partial charge is 0.497 e. The Morgan fingerprint density at radius 3 is 2.40 bits per heavy atom. The van der Waals surface area contributed by atoms with Crippen molar-refractivity contribution in [1.29, 1.82) is 0 Å². The lowest BCUT2D eigenvalue weighted by Crippen LogP contribution is -2.20. The van der Waals surface area contributed by atoms with E-state index in [1.807, 2.05) is 13.8 Å². The number of pyridine rings is 1. The number of rotatable bonds is 8. The molecule has 1 saturated carbocycles. The van der Waals surface area contributed by atoms with Crippen LogP contribution in [0.2, 0.25) is 0 Å². The Bertz CT molecular complexity index is 1250. The second-order valence-corrected chi connectivity index (χ2v) is 8.98. The third-order valence-electron chi connectivity index (χ3n) is 5.65. The molecule has 35 heavy (non-hydrogen) atoms. The van der Waals surface area contributed by atoms with Gasteiger partial charge >= 0.3 is 0 Å². The van der Waals surface area contributed by atoms with Crippen molar-refractivity contribution >= 4 is 29.1 Å². The van der Waals surface area contributed by atoms with Crippen LogP contribution < -0.4 is 25.1 Å². The molecule has 4 rings (SSSR count). The Morgan fingerprint density at radius 2 is 1.77 bits per heavy atom. The average molecular weight is 504 g/mol. The molecule has 0 radical (unpaired) electrons. The van der Waals surface area contributed by atoms with E-state index in [-0.39, 0.29) is 28.2 Å². The molecule has 0 aliphatic heterocycles. The van der Waals surface area contributed by atoms with Gasteiger partial charge in [0.05, 0.1) is 19.9 Å². The number of benzene rings is 2. The van der Waals surface area contributed by atoms with Gasteiger partial charge in [0.2, 0.25) is 0 Å². The minimum atomic E-state index is -0.430. The minimum Gasteiger partial charge on any atom is -0.497 e. The van der Waals surface area contributed by atoms with Gasteiger partial charge in [-0.2, -0.15) is 0 Å². The van der Waals surface area contributed by atoms with Crippen molar-refractivity contribution in [3.8, 4) is 11.5 Å². The first-order chi connectivity index (χ1) is 16.8. The Morgan fingerprint density at radius 1 is 1.03 bits per heavy atom. The van der Waals surface area contributed by atoms with Crippen LogP contribution in [0.3, 0.4) is 0 Å². The van der Waals surface area contributed by atoms with Crippen LogP contribution in [0.4, 0.5) is 26.0 Å². The summed E-state index contributed by atoms with van der Waals surface area (Å²) in [7, 11) is 4.56. The van der Waals surface area contributed by atoms with E-state index < -0.39 is 5.82 Å². The van der Waals surface area contributed by atoms with Crippen molar-refractivity contribution in [3.63, 3.8) is 0 Å². The van der Waals surface area contributed by atoms with Gasteiger partial charge in [-0.1, -0.05) is 26.0 Å². The number of halogens is 2. The smallest absolute Gasteiger partial charge is 0.255 e. The fourth-order valence-electron chi connectivity index (χ4n) is 3.63. The first-order valence-corrected chi connectivity index (χ1v) is 12.3. The van der Waals surface area contributed by atoms with Gasteiger partial charge < -0.3 is 19.5 Å². The lowest BCUT2D eigenvalue weighted by Gasteiger charge is -2.19. The first kappa shape index (κ1) is 26.4. The summed E-state index contributed by atoms with van der Waals surface area (Å²) >= 11 is 1.42. The fourth-order valence-corrected chi connectivity index (χ4v) is 4.71. The Hall–Kier alpha value is -3.20.